The molecular weight excluding hydrogens is 376 g/mol. The number of para-hydroxylation sites is 2. The first-order valence-corrected chi connectivity index (χ1v) is 9.74. The van der Waals surface area contributed by atoms with Crippen molar-refractivity contribution in [1.82, 2.24) is 0 Å². The van der Waals surface area contributed by atoms with E-state index in [9.17, 15) is 9.59 Å². The molecule has 0 aliphatic carbocycles. The van der Waals surface area contributed by atoms with Gasteiger partial charge in [0.2, 0.25) is 5.91 Å². The summed E-state index contributed by atoms with van der Waals surface area (Å²) >= 11 is 1.56. The normalized spacial score (nSPS) is 16.2. The maximum atomic E-state index is 12.6. The molecule has 142 valence electrons. The van der Waals surface area contributed by atoms with E-state index in [-0.39, 0.29) is 22.9 Å². The minimum Gasteiger partial charge on any atom is -0.495 e. The van der Waals surface area contributed by atoms with Gasteiger partial charge in [-0.25, -0.2) is 0 Å². The van der Waals surface area contributed by atoms with E-state index in [1.54, 1.807) is 35.9 Å². The number of amides is 2. The Hall–Kier alpha value is -3.19. The van der Waals surface area contributed by atoms with Crippen LogP contribution < -0.4 is 15.0 Å². The zero-order chi connectivity index (χ0) is 19.5. The monoisotopic (exact) mass is 394 g/mol. The average molecular weight is 394 g/mol. The third kappa shape index (κ3) is 3.48. The third-order valence-electron chi connectivity index (χ3n) is 4.41. The Morgan fingerprint density at radius 3 is 2.64 bits per heavy atom. The smallest absolute Gasteiger partial charge is 0.291 e. The van der Waals surface area contributed by atoms with Gasteiger partial charge in [0.1, 0.15) is 11.1 Å². The van der Waals surface area contributed by atoms with E-state index in [1.807, 2.05) is 48.5 Å². The van der Waals surface area contributed by atoms with Crippen molar-refractivity contribution < 1.29 is 18.7 Å². The van der Waals surface area contributed by atoms with Gasteiger partial charge >= 0.3 is 0 Å². The molecule has 1 atom stereocenters. The third-order valence-corrected chi connectivity index (χ3v) is 5.62. The van der Waals surface area contributed by atoms with E-state index in [4.69, 9.17) is 9.15 Å². The molecule has 4 rings (SSSR count). The van der Waals surface area contributed by atoms with Crippen molar-refractivity contribution in [3.63, 3.8) is 0 Å². The fourth-order valence-electron chi connectivity index (χ4n) is 3.09. The number of nitrogens with zero attached hydrogens (tertiary/aromatic N) is 1. The molecule has 1 N–H and O–H groups in total. The molecule has 2 aromatic carbocycles. The number of nitrogens with one attached hydrogen (secondary N) is 1. The molecule has 1 aliphatic rings. The average Bonchev–Trinajstić information content (AvgIpc) is 3.39. The lowest BCUT2D eigenvalue weighted by atomic mass is 10.1. The Bertz CT molecular complexity index is 986. The highest BCUT2D eigenvalue weighted by Crippen LogP contribution is 2.44. The summed E-state index contributed by atoms with van der Waals surface area (Å²) in [6, 6.07) is 18.2. The minimum absolute atomic E-state index is 0.0368. The zero-order valence-electron chi connectivity index (χ0n) is 15.1. The highest BCUT2D eigenvalue weighted by molar-refractivity contribution is 8.00. The lowest BCUT2D eigenvalue weighted by Crippen LogP contribution is -2.28. The van der Waals surface area contributed by atoms with Crippen molar-refractivity contribution in [2.75, 3.05) is 23.1 Å². The predicted octanol–water partition coefficient (Wildman–Crippen LogP) is 4.32. The van der Waals surface area contributed by atoms with Gasteiger partial charge in [0.05, 0.1) is 24.8 Å². The first kappa shape index (κ1) is 18.2. The van der Waals surface area contributed by atoms with Crippen molar-refractivity contribution in [1.29, 1.82) is 0 Å². The van der Waals surface area contributed by atoms with Crippen LogP contribution in [-0.2, 0) is 4.79 Å². The molecule has 0 spiro atoms. The Morgan fingerprint density at radius 1 is 1.14 bits per heavy atom. The molecule has 6 nitrogen and oxygen atoms in total. The van der Waals surface area contributed by atoms with Gasteiger partial charge in [-0.1, -0.05) is 24.3 Å². The maximum Gasteiger partial charge on any atom is 0.291 e. The fourth-order valence-corrected chi connectivity index (χ4v) is 4.26. The number of rotatable bonds is 5. The molecule has 1 fully saturated rings. The molecule has 7 heteroatoms. The van der Waals surface area contributed by atoms with E-state index >= 15 is 0 Å². The van der Waals surface area contributed by atoms with Gasteiger partial charge in [0.15, 0.2) is 5.76 Å². The standard InChI is InChI=1S/C21H18N2O4S/c1-26-17-6-3-2-5-16(17)23-19(24)13-28-21(23)14-8-10-15(11-9-14)22-20(25)18-7-4-12-27-18/h2-12,21H,13H2,1H3,(H,22,25). The second kappa shape index (κ2) is 7.82. The SMILES string of the molecule is COc1ccccc1N1C(=O)CSC1c1ccc(NC(=O)c2ccco2)cc1. The highest BCUT2D eigenvalue weighted by atomic mass is 32.2. The van der Waals surface area contributed by atoms with Crippen LogP contribution in [0.25, 0.3) is 0 Å². The first-order chi connectivity index (χ1) is 13.7. The number of anilines is 2. The van der Waals surface area contributed by atoms with E-state index in [0.717, 1.165) is 11.3 Å². The number of thioether (sulfide) groups is 1. The van der Waals surface area contributed by atoms with Crippen molar-refractivity contribution in [3.05, 3.63) is 78.3 Å². The summed E-state index contributed by atoms with van der Waals surface area (Å²) < 4.78 is 10.5. The van der Waals surface area contributed by atoms with Gasteiger partial charge in [-0.3, -0.25) is 14.5 Å². The quantitative estimate of drug-likeness (QED) is 0.698. The molecule has 1 saturated heterocycles. The van der Waals surface area contributed by atoms with E-state index in [2.05, 4.69) is 5.32 Å². The first-order valence-electron chi connectivity index (χ1n) is 8.69. The van der Waals surface area contributed by atoms with Crippen LogP contribution in [-0.4, -0.2) is 24.7 Å². The van der Waals surface area contributed by atoms with Crippen LogP contribution in [0, 0.1) is 0 Å². The molecule has 2 heterocycles. The highest BCUT2D eigenvalue weighted by Gasteiger charge is 2.35. The molecule has 0 saturated carbocycles. The molecule has 1 aliphatic heterocycles. The van der Waals surface area contributed by atoms with E-state index < -0.39 is 0 Å². The fraction of sp³-hybridized carbons (Fsp3) is 0.143. The van der Waals surface area contributed by atoms with Crippen LogP contribution in [0.4, 0.5) is 11.4 Å². The van der Waals surface area contributed by atoms with Crippen molar-refractivity contribution in [3.8, 4) is 5.75 Å². The van der Waals surface area contributed by atoms with Gasteiger partial charge in [0.25, 0.3) is 5.91 Å². The molecule has 0 bridgehead atoms. The van der Waals surface area contributed by atoms with Crippen molar-refractivity contribution in [2.24, 2.45) is 0 Å². The number of hydrogen-bond donors (Lipinski definition) is 1. The van der Waals surface area contributed by atoms with Crippen LogP contribution in [0.15, 0.2) is 71.3 Å². The Balaban J connectivity index is 1.56. The van der Waals surface area contributed by atoms with Crippen LogP contribution in [0.3, 0.4) is 0 Å². The topological polar surface area (TPSA) is 71.8 Å². The maximum absolute atomic E-state index is 12.6. The van der Waals surface area contributed by atoms with Gasteiger partial charge in [-0.15, -0.1) is 11.8 Å². The second-order valence-corrected chi connectivity index (χ2v) is 7.22. The van der Waals surface area contributed by atoms with Crippen LogP contribution in [0.5, 0.6) is 5.75 Å². The number of carbonyl (C=O) groups is 2. The lowest BCUT2D eigenvalue weighted by molar-refractivity contribution is -0.115. The van der Waals surface area contributed by atoms with Gasteiger partial charge in [-0.05, 0) is 42.0 Å². The van der Waals surface area contributed by atoms with Crippen LogP contribution >= 0.6 is 11.8 Å². The van der Waals surface area contributed by atoms with Crippen LogP contribution in [0.2, 0.25) is 0 Å². The summed E-state index contributed by atoms with van der Waals surface area (Å²) in [6.07, 6.45) is 1.46. The minimum atomic E-state index is -0.307. The number of benzene rings is 2. The summed E-state index contributed by atoms with van der Waals surface area (Å²) in [4.78, 5) is 26.4. The molecule has 28 heavy (non-hydrogen) atoms. The number of ether oxygens (including phenoxy) is 1. The van der Waals surface area contributed by atoms with Crippen LogP contribution in [0.1, 0.15) is 21.5 Å². The van der Waals surface area contributed by atoms with E-state index in [1.165, 1.54) is 6.26 Å². The molecule has 1 aromatic heterocycles. The largest absolute Gasteiger partial charge is 0.495 e. The second-order valence-electron chi connectivity index (χ2n) is 6.15. The van der Waals surface area contributed by atoms with Crippen molar-refractivity contribution >= 4 is 35.0 Å². The summed E-state index contributed by atoms with van der Waals surface area (Å²) in [7, 11) is 1.60. The molecule has 3 aromatic rings. The van der Waals surface area contributed by atoms with Crippen molar-refractivity contribution in [2.45, 2.75) is 5.37 Å². The molecule has 0 radical (unpaired) electrons. The molecule has 2 amide bonds. The Labute approximate surface area is 166 Å². The van der Waals surface area contributed by atoms with Gasteiger partial charge < -0.3 is 14.5 Å². The summed E-state index contributed by atoms with van der Waals surface area (Å²) in [6.45, 7) is 0. The number of furan rings is 1. The van der Waals surface area contributed by atoms with Gasteiger partial charge in [0, 0.05) is 5.69 Å². The molecular formula is C21H18N2O4S. The lowest BCUT2D eigenvalue weighted by Gasteiger charge is -2.26. The summed E-state index contributed by atoms with van der Waals surface area (Å²) in [5, 5.41) is 2.64. The Kier molecular flexibility index (Phi) is 5.08. The Morgan fingerprint density at radius 2 is 1.93 bits per heavy atom. The molecule has 1 unspecified atom stereocenters. The van der Waals surface area contributed by atoms with Gasteiger partial charge in [-0.2, -0.15) is 0 Å². The summed E-state index contributed by atoms with van der Waals surface area (Å²) in [5.74, 6) is 1.04. The van der Waals surface area contributed by atoms with E-state index in [0.29, 0.717) is 17.2 Å². The predicted molar refractivity (Wildman–Crippen MR) is 109 cm³/mol. The number of methoxy groups -OCH3 is 1. The summed E-state index contributed by atoms with van der Waals surface area (Å²) in [5.41, 5.74) is 2.38. The number of carbonyl (C=O) groups excluding carboxylic acids is 2. The number of hydrogen-bond acceptors (Lipinski definition) is 5. The zero-order valence-corrected chi connectivity index (χ0v) is 15.9.